The molecule has 5 nitrogen and oxygen atoms in total. The number of hydrogen-bond donors (Lipinski definition) is 2. The monoisotopic (exact) mass is 286 g/mol. The van der Waals surface area contributed by atoms with E-state index in [1.54, 1.807) is 31.2 Å². The smallest absolute Gasteiger partial charge is 0.240 e. The molecule has 0 atom stereocenters. The number of hydrogen-bond acceptors (Lipinski definition) is 4. The predicted molar refractivity (Wildman–Crippen MR) is 76.0 cm³/mol. The summed E-state index contributed by atoms with van der Waals surface area (Å²) < 4.78 is 31.4. The van der Waals surface area contributed by atoms with Crippen molar-refractivity contribution in [2.75, 3.05) is 26.2 Å². The number of sulfonamides is 1. The second kappa shape index (κ2) is 8.14. The molecule has 0 fully saturated rings. The first kappa shape index (κ1) is 15.9. The molecule has 19 heavy (non-hydrogen) atoms. The van der Waals surface area contributed by atoms with E-state index in [9.17, 15) is 8.42 Å². The topological polar surface area (TPSA) is 67.4 Å². The van der Waals surface area contributed by atoms with E-state index in [-0.39, 0.29) is 4.90 Å². The summed E-state index contributed by atoms with van der Waals surface area (Å²) >= 11 is 0. The molecule has 108 valence electrons. The molecule has 0 bridgehead atoms. The van der Waals surface area contributed by atoms with Gasteiger partial charge in [0.1, 0.15) is 5.75 Å². The summed E-state index contributed by atoms with van der Waals surface area (Å²) in [6.07, 6.45) is 0.922. The molecule has 0 aliphatic carbocycles. The highest BCUT2D eigenvalue weighted by Crippen LogP contribution is 2.15. The van der Waals surface area contributed by atoms with Crippen molar-refractivity contribution in [3.63, 3.8) is 0 Å². The average molecular weight is 286 g/mol. The number of ether oxygens (including phenoxy) is 1. The summed E-state index contributed by atoms with van der Waals surface area (Å²) in [4.78, 5) is 0.259. The fraction of sp³-hybridized carbons (Fsp3) is 0.538. The molecule has 0 aliphatic heterocycles. The summed E-state index contributed by atoms with van der Waals surface area (Å²) in [6, 6.07) is 6.46. The summed E-state index contributed by atoms with van der Waals surface area (Å²) in [5, 5.41) is 3.21. The molecule has 0 spiro atoms. The van der Waals surface area contributed by atoms with Crippen molar-refractivity contribution >= 4 is 10.0 Å². The Morgan fingerprint density at radius 2 is 1.79 bits per heavy atom. The van der Waals surface area contributed by atoms with Gasteiger partial charge in [0.15, 0.2) is 0 Å². The Morgan fingerprint density at radius 1 is 1.11 bits per heavy atom. The lowest BCUT2D eigenvalue weighted by atomic mass is 10.3. The number of rotatable bonds is 9. The van der Waals surface area contributed by atoms with Gasteiger partial charge in [-0.05, 0) is 43.8 Å². The normalized spacial score (nSPS) is 11.5. The Kier molecular flexibility index (Phi) is 6.83. The van der Waals surface area contributed by atoms with Crippen molar-refractivity contribution in [2.24, 2.45) is 0 Å². The van der Waals surface area contributed by atoms with Gasteiger partial charge in [-0.3, -0.25) is 0 Å². The zero-order valence-corrected chi connectivity index (χ0v) is 12.3. The van der Waals surface area contributed by atoms with Gasteiger partial charge in [-0.25, -0.2) is 13.1 Å². The van der Waals surface area contributed by atoms with E-state index in [0.29, 0.717) is 18.9 Å². The first-order valence-electron chi connectivity index (χ1n) is 6.53. The molecule has 2 N–H and O–H groups in total. The standard InChI is InChI=1S/C13H22N2O3S/c1-3-14-10-5-11-18-12-6-8-13(9-7-12)19(16,17)15-4-2/h6-9,14-15H,3-5,10-11H2,1-2H3. The molecule has 0 amide bonds. The molecule has 0 saturated carbocycles. The van der Waals surface area contributed by atoms with E-state index < -0.39 is 10.0 Å². The molecule has 6 heteroatoms. The zero-order valence-electron chi connectivity index (χ0n) is 11.5. The molecule has 0 saturated heterocycles. The van der Waals surface area contributed by atoms with Crippen LogP contribution in [0, 0.1) is 0 Å². The van der Waals surface area contributed by atoms with Crippen molar-refractivity contribution in [3.8, 4) is 5.75 Å². The average Bonchev–Trinajstić information content (AvgIpc) is 2.39. The maximum absolute atomic E-state index is 11.7. The second-order valence-corrected chi connectivity index (χ2v) is 5.80. The maximum atomic E-state index is 11.7. The highest BCUT2D eigenvalue weighted by molar-refractivity contribution is 7.89. The van der Waals surface area contributed by atoms with Gasteiger partial charge in [-0.1, -0.05) is 13.8 Å². The van der Waals surface area contributed by atoms with Gasteiger partial charge in [0.2, 0.25) is 10.0 Å². The minimum Gasteiger partial charge on any atom is -0.494 e. The fourth-order valence-corrected chi connectivity index (χ4v) is 2.59. The van der Waals surface area contributed by atoms with Crippen LogP contribution in [0.25, 0.3) is 0 Å². The Hall–Kier alpha value is -1.11. The lowest BCUT2D eigenvalue weighted by molar-refractivity contribution is 0.308. The lowest BCUT2D eigenvalue weighted by Gasteiger charge is -2.08. The zero-order chi connectivity index (χ0) is 14.1. The Balaban J connectivity index is 2.48. The molecule has 1 aromatic rings. The van der Waals surface area contributed by atoms with Crippen LogP contribution in [0.4, 0.5) is 0 Å². The van der Waals surface area contributed by atoms with Crippen molar-refractivity contribution in [2.45, 2.75) is 25.2 Å². The Bertz CT molecular complexity index is 457. The minimum absolute atomic E-state index is 0.259. The van der Waals surface area contributed by atoms with Gasteiger partial charge in [0.05, 0.1) is 11.5 Å². The van der Waals surface area contributed by atoms with Gasteiger partial charge in [-0.15, -0.1) is 0 Å². The third kappa shape index (κ3) is 5.59. The summed E-state index contributed by atoms with van der Waals surface area (Å²) in [6.45, 7) is 6.68. The van der Waals surface area contributed by atoms with E-state index in [0.717, 1.165) is 19.5 Å². The van der Waals surface area contributed by atoms with Crippen LogP contribution >= 0.6 is 0 Å². The quantitative estimate of drug-likeness (QED) is 0.673. The summed E-state index contributed by atoms with van der Waals surface area (Å²) in [7, 11) is -3.38. The number of nitrogens with one attached hydrogen (secondary N) is 2. The first-order valence-corrected chi connectivity index (χ1v) is 8.01. The summed E-state index contributed by atoms with van der Waals surface area (Å²) in [5.41, 5.74) is 0. The minimum atomic E-state index is -3.38. The molecule has 0 aliphatic rings. The van der Waals surface area contributed by atoms with E-state index in [4.69, 9.17) is 4.74 Å². The molecule has 0 heterocycles. The van der Waals surface area contributed by atoms with Crippen LogP contribution < -0.4 is 14.8 Å². The van der Waals surface area contributed by atoms with Gasteiger partial charge < -0.3 is 10.1 Å². The molecule has 0 aromatic heterocycles. The Morgan fingerprint density at radius 3 is 2.37 bits per heavy atom. The van der Waals surface area contributed by atoms with Crippen LogP contribution in [0.5, 0.6) is 5.75 Å². The van der Waals surface area contributed by atoms with Crippen LogP contribution in [-0.2, 0) is 10.0 Å². The van der Waals surface area contributed by atoms with E-state index in [1.165, 1.54) is 0 Å². The van der Waals surface area contributed by atoms with E-state index in [2.05, 4.69) is 17.0 Å². The van der Waals surface area contributed by atoms with Gasteiger partial charge in [0.25, 0.3) is 0 Å². The third-order valence-electron chi connectivity index (χ3n) is 2.49. The van der Waals surface area contributed by atoms with Crippen molar-refractivity contribution in [3.05, 3.63) is 24.3 Å². The molecule has 1 aromatic carbocycles. The lowest BCUT2D eigenvalue weighted by Crippen LogP contribution is -2.23. The maximum Gasteiger partial charge on any atom is 0.240 e. The Labute approximate surface area is 115 Å². The summed E-state index contributed by atoms with van der Waals surface area (Å²) in [5.74, 6) is 0.687. The van der Waals surface area contributed by atoms with Crippen LogP contribution in [0.15, 0.2) is 29.2 Å². The molecular formula is C13H22N2O3S. The van der Waals surface area contributed by atoms with Crippen LogP contribution in [0.3, 0.4) is 0 Å². The van der Waals surface area contributed by atoms with Crippen LogP contribution in [0.2, 0.25) is 0 Å². The highest BCUT2D eigenvalue weighted by Gasteiger charge is 2.11. The van der Waals surface area contributed by atoms with E-state index in [1.807, 2.05) is 0 Å². The third-order valence-corrected chi connectivity index (χ3v) is 4.05. The van der Waals surface area contributed by atoms with Gasteiger partial charge >= 0.3 is 0 Å². The van der Waals surface area contributed by atoms with Gasteiger partial charge in [-0.2, -0.15) is 0 Å². The SMILES string of the molecule is CCNCCCOc1ccc(S(=O)(=O)NCC)cc1. The van der Waals surface area contributed by atoms with Crippen LogP contribution in [-0.4, -0.2) is 34.7 Å². The van der Waals surface area contributed by atoms with Crippen LogP contribution in [0.1, 0.15) is 20.3 Å². The van der Waals surface area contributed by atoms with E-state index >= 15 is 0 Å². The molecule has 0 radical (unpaired) electrons. The molecular weight excluding hydrogens is 264 g/mol. The highest BCUT2D eigenvalue weighted by atomic mass is 32.2. The van der Waals surface area contributed by atoms with Crippen molar-refractivity contribution in [1.82, 2.24) is 10.0 Å². The first-order chi connectivity index (χ1) is 9.10. The molecule has 1 rings (SSSR count). The van der Waals surface area contributed by atoms with Crippen molar-refractivity contribution < 1.29 is 13.2 Å². The predicted octanol–water partition coefficient (Wildman–Crippen LogP) is 1.36. The number of benzene rings is 1. The second-order valence-electron chi connectivity index (χ2n) is 4.03. The van der Waals surface area contributed by atoms with Crippen molar-refractivity contribution in [1.29, 1.82) is 0 Å². The van der Waals surface area contributed by atoms with Gasteiger partial charge in [0, 0.05) is 6.54 Å². The largest absolute Gasteiger partial charge is 0.494 e. The fourth-order valence-electron chi connectivity index (χ4n) is 1.55. The molecule has 0 unspecified atom stereocenters.